The van der Waals surface area contributed by atoms with Crippen molar-refractivity contribution in [1.82, 2.24) is 0 Å². The van der Waals surface area contributed by atoms with Crippen LogP contribution in [-0.2, 0) is 4.74 Å². The first-order valence-corrected chi connectivity index (χ1v) is 10.5. The zero-order chi connectivity index (χ0) is 17.8. The Kier molecular flexibility index (Phi) is 13.3. The second-order valence-electron chi connectivity index (χ2n) is 8.24. The second kappa shape index (κ2) is 13.3. The van der Waals surface area contributed by atoms with E-state index in [-0.39, 0.29) is 0 Å². The topological polar surface area (TPSA) is 9.23 Å². The molecule has 0 amide bonds. The monoisotopic (exact) mass is 326 g/mol. The lowest BCUT2D eigenvalue weighted by Crippen LogP contribution is -2.34. The molecule has 0 fully saturated rings. The Labute approximate surface area is 148 Å². The minimum absolute atomic E-state index is 0.443. The summed E-state index contributed by atoms with van der Waals surface area (Å²) >= 11 is 0. The predicted octanol–water partition coefficient (Wildman–Crippen LogP) is 7.49. The van der Waals surface area contributed by atoms with Crippen molar-refractivity contribution in [2.75, 3.05) is 0 Å². The summed E-state index contributed by atoms with van der Waals surface area (Å²) in [6, 6.07) is 0. The van der Waals surface area contributed by atoms with Crippen LogP contribution in [0.15, 0.2) is 0 Å². The molecule has 1 nitrogen and oxygen atoms in total. The van der Waals surface area contributed by atoms with Gasteiger partial charge in [-0.3, -0.25) is 0 Å². The Bertz CT molecular complexity index is 237. The molecular weight excluding hydrogens is 280 g/mol. The molecule has 1 heteroatoms. The van der Waals surface area contributed by atoms with Gasteiger partial charge in [0.2, 0.25) is 0 Å². The standard InChI is InChI=1S/C22H46O/c1-9-13-19(7)21(15-17(5)11-3)23-22(16-18(6)12-4)20(8)14-10-2/h17-22H,9-16H2,1-8H3. The van der Waals surface area contributed by atoms with Crippen molar-refractivity contribution >= 4 is 0 Å². The van der Waals surface area contributed by atoms with E-state index in [1.54, 1.807) is 0 Å². The largest absolute Gasteiger partial charge is 0.374 e. The van der Waals surface area contributed by atoms with Crippen molar-refractivity contribution in [2.45, 2.75) is 119 Å². The molecule has 0 aliphatic carbocycles. The van der Waals surface area contributed by atoms with Gasteiger partial charge in [-0.05, 0) is 49.4 Å². The molecule has 0 aromatic heterocycles. The Morgan fingerprint density at radius 1 is 0.609 bits per heavy atom. The maximum Gasteiger partial charge on any atom is 0.0607 e. The quantitative estimate of drug-likeness (QED) is 0.321. The summed E-state index contributed by atoms with van der Waals surface area (Å²) in [5.41, 5.74) is 0. The van der Waals surface area contributed by atoms with Crippen LogP contribution < -0.4 is 0 Å². The van der Waals surface area contributed by atoms with Gasteiger partial charge >= 0.3 is 0 Å². The molecule has 0 radical (unpaired) electrons. The van der Waals surface area contributed by atoms with Crippen molar-refractivity contribution < 1.29 is 4.74 Å². The molecule has 6 unspecified atom stereocenters. The van der Waals surface area contributed by atoms with Gasteiger partial charge in [-0.1, -0.05) is 81.1 Å². The SMILES string of the molecule is CCCC(C)C(CC(C)CC)OC(CC(C)CC)C(C)CCC. The van der Waals surface area contributed by atoms with Crippen molar-refractivity contribution in [2.24, 2.45) is 23.7 Å². The van der Waals surface area contributed by atoms with E-state index in [1.807, 2.05) is 0 Å². The molecule has 0 saturated heterocycles. The van der Waals surface area contributed by atoms with Gasteiger partial charge < -0.3 is 4.74 Å². The van der Waals surface area contributed by atoms with Crippen LogP contribution in [0.3, 0.4) is 0 Å². The van der Waals surface area contributed by atoms with Gasteiger partial charge in [-0.2, -0.15) is 0 Å². The smallest absolute Gasteiger partial charge is 0.0607 e. The number of rotatable bonds is 14. The summed E-state index contributed by atoms with van der Waals surface area (Å²) in [4.78, 5) is 0. The predicted molar refractivity (Wildman–Crippen MR) is 105 cm³/mol. The van der Waals surface area contributed by atoms with E-state index < -0.39 is 0 Å². The summed E-state index contributed by atoms with van der Waals surface area (Å²) in [5.74, 6) is 2.90. The van der Waals surface area contributed by atoms with Crippen LogP contribution in [0.5, 0.6) is 0 Å². The van der Waals surface area contributed by atoms with Gasteiger partial charge in [0.1, 0.15) is 0 Å². The van der Waals surface area contributed by atoms with Crippen LogP contribution >= 0.6 is 0 Å². The molecule has 0 heterocycles. The van der Waals surface area contributed by atoms with E-state index in [0.29, 0.717) is 24.0 Å². The van der Waals surface area contributed by atoms with E-state index in [4.69, 9.17) is 4.74 Å². The molecule has 0 spiro atoms. The summed E-state index contributed by atoms with van der Waals surface area (Å²) in [6.45, 7) is 18.8. The van der Waals surface area contributed by atoms with Crippen molar-refractivity contribution in [1.29, 1.82) is 0 Å². The first kappa shape index (κ1) is 23.0. The molecule has 0 aliphatic heterocycles. The normalized spacial score (nSPS) is 19.8. The Hall–Kier alpha value is -0.0400. The highest BCUT2D eigenvalue weighted by atomic mass is 16.5. The van der Waals surface area contributed by atoms with Gasteiger partial charge in [0.05, 0.1) is 12.2 Å². The molecule has 0 aromatic rings. The maximum atomic E-state index is 6.82. The van der Waals surface area contributed by atoms with E-state index >= 15 is 0 Å². The molecule has 0 rings (SSSR count). The fourth-order valence-corrected chi connectivity index (χ4v) is 3.48. The Balaban J connectivity index is 4.98. The summed E-state index contributed by atoms with van der Waals surface area (Å²) < 4.78 is 6.82. The van der Waals surface area contributed by atoms with E-state index in [9.17, 15) is 0 Å². The van der Waals surface area contributed by atoms with Gasteiger partial charge in [-0.15, -0.1) is 0 Å². The summed E-state index contributed by atoms with van der Waals surface area (Å²) in [6.07, 6.45) is 11.0. The van der Waals surface area contributed by atoms with Gasteiger partial charge in [0.25, 0.3) is 0 Å². The van der Waals surface area contributed by atoms with Crippen LogP contribution in [0.2, 0.25) is 0 Å². The zero-order valence-electron chi connectivity index (χ0n) is 17.5. The van der Waals surface area contributed by atoms with Crippen LogP contribution in [-0.4, -0.2) is 12.2 Å². The highest BCUT2D eigenvalue weighted by Gasteiger charge is 2.27. The third kappa shape index (κ3) is 9.75. The van der Waals surface area contributed by atoms with Gasteiger partial charge in [0, 0.05) is 0 Å². The molecule has 0 saturated carbocycles. The lowest BCUT2D eigenvalue weighted by molar-refractivity contribution is -0.0829. The highest BCUT2D eigenvalue weighted by molar-refractivity contribution is 4.76. The lowest BCUT2D eigenvalue weighted by atomic mass is 9.87. The minimum Gasteiger partial charge on any atom is -0.374 e. The molecule has 0 aliphatic rings. The summed E-state index contributed by atoms with van der Waals surface area (Å²) in [5, 5.41) is 0. The molecule has 23 heavy (non-hydrogen) atoms. The molecule has 140 valence electrons. The maximum absolute atomic E-state index is 6.82. The lowest BCUT2D eigenvalue weighted by Gasteiger charge is -2.35. The fourth-order valence-electron chi connectivity index (χ4n) is 3.48. The second-order valence-corrected chi connectivity index (χ2v) is 8.24. The molecule has 6 atom stereocenters. The van der Waals surface area contributed by atoms with Gasteiger partial charge in [-0.25, -0.2) is 0 Å². The molecular formula is C22H46O. The summed E-state index contributed by atoms with van der Waals surface area (Å²) in [7, 11) is 0. The van der Waals surface area contributed by atoms with E-state index in [0.717, 1.165) is 11.8 Å². The van der Waals surface area contributed by atoms with Crippen molar-refractivity contribution in [3.8, 4) is 0 Å². The average molecular weight is 327 g/mol. The van der Waals surface area contributed by atoms with Crippen molar-refractivity contribution in [3.05, 3.63) is 0 Å². The first-order valence-electron chi connectivity index (χ1n) is 10.5. The van der Waals surface area contributed by atoms with E-state index in [2.05, 4.69) is 55.4 Å². The van der Waals surface area contributed by atoms with Crippen LogP contribution in [0, 0.1) is 23.7 Å². The zero-order valence-corrected chi connectivity index (χ0v) is 17.5. The highest BCUT2D eigenvalue weighted by Crippen LogP contribution is 2.29. The number of ether oxygens (including phenoxy) is 1. The minimum atomic E-state index is 0.443. The Morgan fingerprint density at radius 3 is 1.22 bits per heavy atom. The van der Waals surface area contributed by atoms with Crippen LogP contribution in [0.25, 0.3) is 0 Å². The van der Waals surface area contributed by atoms with Crippen LogP contribution in [0.1, 0.15) is 107 Å². The Morgan fingerprint density at radius 2 is 0.957 bits per heavy atom. The number of hydrogen-bond acceptors (Lipinski definition) is 1. The number of hydrogen-bond donors (Lipinski definition) is 0. The van der Waals surface area contributed by atoms with Crippen LogP contribution in [0.4, 0.5) is 0 Å². The molecule has 0 bridgehead atoms. The van der Waals surface area contributed by atoms with Crippen molar-refractivity contribution in [3.63, 3.8) is 0 Å². The van der Waals surface area contributed by atoms with Gasteiger partial charge in [0.15, 0.2) is 0 Å². The van der Waals surface area contributed by atoms with E-state index in [1.165, 1.54) is 51.4 Å². The third-order valence-corrected chi connectivity index (χ3v) is 5.77. The third-order valence-electron chi connectivity index (χ3n) is 5.77. The fraction of sp³-hybridized carbons (Fsp3) is 1.00. The first-order chi connectivity index (χ1) is 10.9. The molecule has 0 aromatic carbocycles. The average Bonchev–Trinajstić information content (AvgIpc) is 2.53. The molecule has 0 N–H and O–H groups in total.